The lowest BCUT2D eigenvalue weighted by atomic mass is 10.1. The van der Waals surface area contributed by atoms with Crippen molar-refractivity contribution in [1.29, 1.82) is 0 Å². The molecule has 0 saturated carbocycles. The third-order valence-corrected chi connectivity index (χ3v) is 5.76. The summed E-state index contributed by atoms with van der Waals surface area (Å²) in [4.78, 5) is 16.6. The lowest BCUT2D eigenvalue weighted by molar-refractivity contribution is 0.0855. The van der Waals surface area contributed by atoms with Crippen molar-refractivity contribution in [3.8, 4) is 11.4 Å². The summed E-state index contributed by atoms with van der Waals surface area (Å²) in [5.74, 6) is -0.192. The van der Waals surface area contributed by atoms with Crippen molar-refractivity contribution in [1.82, 2.24) is 14.4 Å². The number of carbonyl (C=O) groups is 1. The van der Waals surface area contributed by atoms with Crippen molar-refractivity contribution < 1.29 is 17.7 Å². The Labute approximate surface area is 144 Å². The molecule has 8 heteroatoms. The fraction of sp³-hybridized carbons (Fsp3) is 0.118. The zero-order valence-electron chi connectivity index (χ0n) is 13.2. The maximum Gasteiger partial charge on any atom is 0.269 e. The van der Waals surface area contributed by atoms with Crippen LogP contribution in [0, 0.1) is 6.92 Å². The first-order valence-electron chi connectivity index (χ1n) is 7.52. The van der Waals surface area contributed by atoms with E-state index in [1.54, 1.807) is 12.1 Å². The number of aryl methyl sites for hydroxylation is 1. The molecule has 0 N–H and O–H groups in total. The van der Waals surface area contributed by atoms with Gasteiger partial charge in [0, 0.05) is 5.56 Å². The summed E-state index contributed by atoms with van der Waals surface area (Å²) in [7, 11) is -3.90. The average molecular weight is 355 g/mol. The first-order valence-corrected chi connectivity index (χ1v) is 8.96. The van der Waals surface area contributed by atoms with Gasteiger partial charge in [0.15, 0.2) is 0 Å². The molecule has 0 spiro atoms. The van der Waals surface area contributed by atoms with Crippen molar-refractivity contribution >= 4 is 15.9 Å². The fourth-order valence-electron chi connectivity index (χ4n) is 2.65. The Hall–Kier alpha value is -3.00. The molecule has 0 radical (unpaired) electrons. The van der Waals surface area contributed by atoms with Crippen LogP contribution < -0.4 is 0 Å². The molecule has 7 nitrogen and oxygen atoms in total. The molecule has 0 bridgehead atoms. The van der Waals surface area contributed by atoms with Crippen LogP contribution in [0.25, 0.3) is 11.4 Å². The first kappa shape index (κ1) is 15.5. The molecule has 1 aliphatic rings. The molecule has 4 rings (SSSR count). The third kappa shape index (κ3) is 2.51. The Morgan fingerprint density at radius 3 is 2.52 bits per heavy atom. The van der Waals surface area contributed by atoms with Crippen LogP contribution in [0.5, 0.6) is 0 Å². The van der Waals surface area contributed by atoms with Gasteiger partial charge in [-0.25, -0.2) is 12.7 Å². The zero-order valence-corrected chi connectivity index (χ0v) is 14.0. The summed E-state index contributed by atoms with van der Waals surface area (Å²) in [5, 5.41) is 3.86. The van der Waals surface area contributed by atoms with Gasteiger partial charge in [0.25, 0.3) is 15.9 Å². The highest BCUT2D eigenvalue weighted by Crippen LogP contribution is 2.31. The van der Waals surface area contributed by atoms with Crippen LogP contribution in [0.4, 0.5) is 0 Å². The summed E-state index contributed by atoms with van der Waals surface area (Å²) in [6.07, 6.45) is 0. The van der Waals surface area contributed by atoms with Gasteiger partial charge in [-0.15, -0.1) is 0 Å². The van der Waals surface area contributed by atoms with Crippen molar-refractivity contribution in [2.75, 3.05) is 0 Å². The number of hydrogen-bond acceptors (Lipinski definition) is 6. The van der Waals surface area contributed by atoms with E-state index >= 15 is 0 Å². The van der Waals surface area contributed by atoms with Gasteiger partial charge in [-0.3, -0.25) is 4.79 Å². The van der Waals surface area contributed by atoms with Crippen LogP contribution >= 0.6 is 0 Å². The third-order valence-electron chi connectivity index (χ3n) is 3.97. The summed E-state index contributed by atoms with van der Waals surface area (Å²) >= 11 is 0. The number of hydrogen-bond donors (Lipinski definition) is 0. The van der Waals surface area contributed by atoms with Crippen LogP contribution in [0.2, 0.25) is 0 Å². The molecule has 2 aromatic carbocycles. The highest BCUT2D eigenvalue weighted by atomic mass is 32.2. The van der Waals surface area contributed by atoms with Gasteiger partial charge in [0.05, 0.1) is 5.56 Å². The highest BCUT2D eigenvalue weighted by molar-refractivity contribution is 7.90. The molecule has 3 aromatic rings. The van der Waals surface area contributed by atoms with Gasteiger partial charge < -0.3 is 4.52 Å². The zero-order chi connectivity index (χ0) is 17.6. The Kier molecular flexibility index (Phi) is 3.43. The van der Waals surface area contributed by atoms with E-state index in [2.05, 4.69) is 10.1 Å². The SMILES string of the molecule is Cc1ccc(-c2noc(CN3C(=O)c4ccccc4S3(=O)=O)n2)cc1. The van der Waals surface area contributed by atoms with E-state index in [-0.39, 0.29) is 22.9 Å². The summed E-state index contributed by atoms with van der Waals surface area (Å²) in [5.41, 5.74) is 2.00. The summed E-state index contributed by atoms with van der Waals surface area (Å²) in [6, 6.07) is 13.6. The molecule has 2 heterocycles. The number of carbonyl (C=O) groups excluding carboxylic acids is 1. The number of amides is 1. The van der Waals surface area contributed by atoms with E-state index < -0.39 is 15.9 Å². The average Bonchev–Trinajstić information content (AvgIpc) is 3.14. The Morgan fingerprint density at radius 1 is 1.08 bits per heavy atom. The Bertz CT molecular complexity index is 1070. The molecule has 1 aromatic heterocycles. The van der Waals surface area contributed by atoms with Crippen LogP contribution in [0.3, 0.4) is 0 Å². The topological polar surface area (TPSA) is 93.4 Å². The smallest absolute Gasteiger partial charge is 0.269 e. The number of nitrogens with zero attached hydrogens (tertiary/aromatic N) is 3. The molecule has 126 valence electrons. The van der Waals surface area contributed by atoms with Crippen LogP contribution in [0.15, 0.2) is 57.9 Å². The lowest BCUT2D eigenvalue weighted by Gasteiger charge is -2.11. The van der Waals surface area contributed by atoms with E-state index in [0.29, 0.717) is 5.82 Å². The molecule has 0 aliphatic carbocycles. The molecule has 0 unspecified atom stereocenters. The van der Waals surface area contributed by atoms with Crippen LogP contribution in [0.1, 0.15) is 21.8 Å². The van der Waals surface area contributed by atoms with Crippen molar-refractivity contribution in [3.63, 3.8) is 0 Å². The quantitative estimate of drug-likeness (QED) is 0.716. The molecule has 1 amide bonds. The second-order valence-corrected chi connectivity index (χ2v) is 7.52. The number of sulfonamides is 1. The van der Waals surface area contributed by atoms with Gasteiger partial charge in [-0.1, -0.05) is 47.1 Å². The minimum Gasteiger partial charge on any atom is -0.337 e. The van der Waals surface area contributed by atoms with Crippen molar-refractivity contribution in [2.45, 2.75) is 18.4 Å². The van der Waals surface area contributed by atoms with Gasteiger partial charge in [-0.2, -0.15) is 4.98 Å². The number of fused-ring (bicyclic) bond motifs is 1. The van der Waals surface area contributed by atoms with Crippen LogP contribution in [-0.2, 0) is 16.6 Å². The van der Waals surface area contributed by atoms with E-state index in [4.69, 9.17) is 4.52 Å². The second-order valence-electron chi connectivity index (χ2n) is 5.69. The number of aromatic nitrogens is 2. The largest absolute Gasteiger partial charge is 0.337 e. The molecular formula is C17H13N3O4S. The van der Waals surface area contributed by atoms with Gasteiger partial charge in [0.1, 0.15) is 11.4 Å². The normalized spacial score (nSPS) is 15.4. The number of benzene rings is 2. The van der Waals surface area contributed by atoms with Crippen molar-refractivity contribution in [2.24, 2.45) is 0 Å². The van der Waals surface area contributed by atoms with Gasteiger partial charge in [0.2, 0.25) is 11.7 Å². The van der Waals surface area contributed by atoms with E-state index in [0.717, 1.165) is 15.4 Å². The maximum atomic E-state index is 12.5. The molecule has 0 saturated heterocycles. The van der Waals surface area contributed by atoms with Gasteiger partial charge >= 0.3 is 0 Å². The van der Waals surface area contributed by atoms with E-state index in [1.807, 2.05) is 31.2 Å². The number of rotatable bonds is 3. The maximum absolute atomic E-state index is 12.5. The Morgan fingerprint density at radius 2 is 1.80 bits per heavy atom. The van der Waals surface area contributed by atoms with E-state index in [1.165, 1.54) is 12.1 Å². The van der Waals surface area contributed by atoms with E-state index in [9.17, 15) is 13.2 Å². The minimum atomic E-state index is -3.90. The van der Waals surface area contributed by atoms with Gasteiger partial charge in [-0.05, 0) is 19.1 Å². The minimum absolute atomic E-state index is 0.00160. The summed E-state index contributed by atoms with van der Waals surface area (Å²) in [6.45, 7) is 1.67. The molecule has 0 atom stereocenters. The summed E-state index contributed by atoms with van der Waals surface area (Å²) < 4.78 is 30.9. The van der Waals surface area contributed by atoms with Crippen molar-refractivity contribution in [3.05, 3.63) is 65.5 Å². The predicted octanol–water partition coefficient (Wildman–Crippen LogP) is 2.39. The highest BCUT2D eigenvalue weighted by Gasteiger charge is 2.41. The monoisotopic (exact) mass is 355 g/mol. The fourth-order valence-corrected chi connectivity index (χ4v) is 4.17. The molecule has 1 aliphatic heterocycles. The molecule has 0 fully saturated rings. The Balaban J connectivity index is 1.64. The lowest BCUT2D eigenvalue weighted by Crippen LogP contribution is -2.29. The second kappa shape index (κ2) is 5.52. The standard InChI is InChI=1S/C17H13N3O4S/c1-11-6-8-12(9-7-11)16-18-15(24-19-16)10-20-17(21)13-4-2-3-5-14(13)25(20,22)23/h2-9H,10H2,1H3. The molecule has 25 heavy (non-hydrogen) atoms. The predicted molar refractivity (Wildman–Crippen MR) is 88.0 cm³/mol. The molecular weight excluding hydrogens is 342 g/mol. The first-order chi connectivity index (χ1) is 12.0. The van der Waals surface area contributed by atoms with Crippen LogP contribution in [-0.4, -0.2) is 28.8 Å².